The zero-order valence-corrected chi connectivity index (χ0v) is 9.74. The van der Waals surface area contributed by atoms with Crippen LogP contribution in [0.4, 0.5) is 0 Å². The molecule has 2 aromatic rings. The van der Waals surface area contributed by atoms with E-state index in [2.05, 4.69) is 5.16 Å². The lowest BCUT2D eigenvalue weighted by molar-refractivity contribution is -0.682. The van der Waals surface area contributed by atoms with Crippen LogP contribution in [-0.4, -0.2) is 10.9 Å². The molecule has 0 amide bonds. The van der Waals surface area contributed by atoms with E-state index in [-0.39, 0.29) is 0 Å². The fourth-order valence-corrected chi connectivity index (χ4v) is 1.74. The van der Waals surface area contributed by atoms with Gasteiger partial charge in [-0.15, -0.1) is 0 Å². The standard InChI is InChI=1S/C14H14N2O/c1-12-6-5-9-16(10-12)11-14(15-17)13-7-3-2-4-8-13/h2-10H,11H2,1H3/p+1. The average Bonchev–Trinajstić information content (AvgIpc) is 2.37. The normalized spacial score (nSPS) is 11.5. The Morgan fingerprint density at radius 1 is 1.18 bits per heavy atom. The van der Waals surface area contributed by atoms with Crippen molar-refractivity contribution in [3.8, 4) is 0 Å². The van der Waals surface area contributed by atoms with E-state index in [4.69, 9.17) is 5.21 Å². The second-order valence-corrected chi connectivity index (χ2v) is 3.97. The summed E-state index contributed by atoms with van der Waals surface area (Å²) in [6.07, 6.45) is 3.98. The minimum Gasteiger partial charge on any atom is -0.410 e. The van der Waals surface area contributed by atoms with Crippen molar-refractivity contribution < 1.29 is 9.77 Å². The van der Waals surface area contributed by atoms with Crippen LogP contribution in [0.5, 0.6) is 0 Å². The van der Waals surface area contributed by atoms with E-state index in [9.17, 15) is 0 Å². The van der Waals surface area contributed by atoms with Gasteiger partial charge in [-0.05, 0) is 13.0 Å². The quantitative estimate of drug-likeness (QED) is 0.371. The summed E-state index contributed by atoms with van der Waals surface area (Å²) in [5, 5.41) is 12.5. The summed E-state index contributed by atoms with van der Waals surface area (Å²) >= 11 is 0. The van der Waals surface area contributed by atoms with Crippen molar-refractivity contribution in [1.29, 1.82) is 0 Å². The third-order valence-electron chi connectivity index (χ3n) is 2.57. The van der Waals surface area contributed by atoms with Crippen molar-refractivity contribution in [1.82, 2.24) is 0 Å². The van der Waals surface area contributed by atoms with Crippen LogP contribution in [0.3, 0.4) is 0 Å². The third-order valence-corrected chi connectivity index (χ3v) is 2.57. The lowest BCUT2D eigenvalue weighted by Gasteiger charge is -2.01. The van der Waals surface area contributed by atoms with E-state index in [0.717, 1.165) is 5.56 Å². The maximum Gasteiger partial charge on any atom is 0.194 e. The molecule has 3 nitrogen and oxygen atoms in total. The number of aromatic nitrogens is 1. The van der Waals surface area contributed by atoms with Crippen LogP contribution in [-0.2, 0) is 6.54 Å². The number of hydrogen-bond donors (Lipinski definition) is 1. The molecule has 0 bridgehead atoms. The summed E-state index contributed by atoms with van der Waals surface area (Å²) in [6, 6.07) is 13.7. The van der Waals surface area contributed by atoms with Crippen LogP contribution in [0.2, 0.25) is 0 Å². The van der Waals surface area contributed by atoms with Gasteiger partial charge in [0, 0.05) is 17.2 Å². The molecule has 0 aliphatic rings. The molecule has 0 fully saturated rings. The number of pyridine rings is 1. The van der Waals surface area contributed by atoms with Gasteiger partial charge in [-0.25, -0.2) is 0 Å². The van der Waals surface area contributed by atoms with E-state index >= 15 is 0 Å². The summed E-state index contributed by atoms with van der Waals surface area (Å²) in [5.74, 6) is 0. The maximum atomic E-state index is 9.08. The third kappa shape index (κ3) is 2.91. The predicted octanol–water partition coefficient (Wildman–Crippen LogP) is 2.16. The number of aryl methyl sites for hydroxylation is 1. The van der Waals surface area contributed by atoms with Crippen LogP contribution < -0.4 is 4.57 Å². The summed E-state index contributed by atoms with van der Waals surface area (Å²) in [7, 11) is 0. The van der Waals surface area contributed by atoms with Crippen molar-refractivity contribution >= 4 is 5.71 Å². The summed E-state index contributed by atoms with van der Waals surface area (Å²) in [6.45, 7) is 2.59. The first-order valence-corrected chi connectivity index (χ1v) is 5.51. The Bertz CT molecular complexity index is 521. The highest BCUT2D eigenvalue weighted by molar-refractivity contribution is 5.99. The van der Waals surface area contributed by atoms with Crippen molar-refractivity contribution in [3.05, 3.63) is 66.0 Å². The monoisotopic (exact) mass is 227 g/mol. The Morgan fingerprint density at radius 3 is 2.59 bits per heavy atom. The second-order valence-electron chi connectivity index (χ2n) is 3.97. The molecule has 0 unspecified atom stereocenters. The molecule has 0 spiro atoms. The Balaban J connectivity index is 2.23. The molecular formula is C14H15N2O+. The van der Waals surface area contributed by atoms with E-state index in [1.807, 2.05) is 66.3 Å². The molecule has 86 valence electrons. The summed E-state index contributed by atoms with van der Waals surface area (Å²) in [5.41, 5.74) is 2.77. The molecule has 0 aliphatic heterocycles. The molecule has 0 atom stereocenters. The van der Waals surface area contributed by atoms with E-state index in [0.29, 0.717) is 12.3 Å². The fourth-order valence-electron chi connectivity index (χ4n) is 1.74. The van der Waals surface area contributed by atoms with Gasteiger partial charge >= 0.3 is 0 Å². The van der Waals surface area contributed by atoms with Crippen LogP contribution in [0.15, 0.2) is 60.0 Å². The molecule has 0 radical (unpaired) electrons. The van der Waals surface area contributed by atoms with Gasteiger partial charge in [0.25, 0.3) is 0 Å². The van der Waals surface area contributed by atoms with Gasteiger partial charge in [0.05, 0.1) is 0 Å². The van der Waals surface area contributed by atoms with Crippen LogP contribution in [0.1, 0.15) is 11.1 Å². The highest BCUT2D eigenvalue weighted by atomic mass is 16.4. The molecule has 2 rings (SSSR count). The number of hydrogen-bond acceptors (Lipinski definition) is 2. The first-order chi connectivity index (χ1) is 8.29. The molecular weight excluding hydrogens is 212 g/mol. The topological polar surface area (TPSA) is 36.5 Å². The Labute approximate surface area is 101 Å². The van der Waals surface area contributed by atoms with E-state index < -0.39 is 0 Å². The van der Waals surface area contributed by atoms with Crippen molar-refractivity contribution in [3.63, 3.8) is 0 Å². The predicted molar refractivity (Wildman–Crippen MR) is 66.1 cm³/mol. The number of nitrogens with zero attached hydrogens (tertiary/aromatic N) is 2. The summed E-state index contributed by atoms with van der Waals surface area (Å²) < 4.78 is 2.00. The van der Waals surface area contributed by atoms with E-state index in [1.54, 1.807) is 0 Å². The molecule has 1 N–H and O–H groups in total. The molecule has 17 heavy (non-hydrogen) atoms. The van der Waals surface area contributed by atoms with Gasteiger partial charge in [0.15, 0.2) is 24.7 Å². The van der Waals surface area contributed by atoms with Gasteiger partial charge in [0.2, 0.25) is 0 Å². The van der Waals surface area contributed by atoms with Gasteiger partial charge in [-0.1, -0.05) is 35.5 Å². The minimum atomic E-state index is 0.558. The highest BCUT2D eigenvalue weighted by Gasteiger charge is 2.10. The maximum absolute atomic E-state index is 9.08. The molecule has 0 saturated carbocycles. The highest BCUT2D eigenvalue weighted by Crippen LogP contribution is 2.01. The van der Waals surface area contributed by atoms with Gasteiger partial charge in [-0.3, -0.25) is 0 Å². The zero-order chi connectivity index (χ0) is 12.1. The molecule has 1 aromatic carbocycles. The van der Waals surface area contributed by atoms with E-state index in [1.165, 1.54) is 5.56 Å². The number of rotatable bonds is 3. The SMILES string of the molecule is Cc1ccc[n+](CC(=NO)c2ccccc2)c1. The molecule has 1 aromatic heterocycles. The first-order valence-electron chi connectivity index (χ1n) is 5.51. The van der Waals surface area contributed by atoms with Crippen LogP contribution >= 0.6 is 0 Å². The van der Waals surface area contributed by atoms with Crippen molar-refractivity contribution in [2.45, 2.75) is 13.5 Å². The zero-order valence-electron chi connectivity index (χ0n) is 9.74. The largest absolute Gasteiger partial charge is 0.410 e. The fraction of sp³-hybridized carbons (Fsp3) is 0.143. The first kappa shape index (κ1) is 11.3. The van der Waals surface area contributed by atoms with Crippen LogP contribution in [0.25, 0.3) is 0 Å². The van der Waals surface area contributed by atoms with Gasteiger partial charge in [-0.2, -0.15) is 4.57 Å². The Kier molecular flexibility index (Phi) is 3.50. The van der Waals surface area contributed by atoms with Crippen molar-refractivity contribution in [2.24, 2.45) is 5.16 Å². The molecule has 0 saturated heterocycles. The molecule has 3 heteroatoms. The Hall–Kier alpha value is -2.16. The molecule has 1 heterocycles. The van der Waals surface area contributed by atoms with Gasteiger partial charge in [0.1, 0.15) is 0 Å². The molecule has 0 aliphatic carbocycles. The smallest absolute Gasteiger partial charge is 0.194 e. The number of oxime groups is 1. The Morgan fingerprint density at radius 2 is 1.94 bits per heavy atom. The van der Waals surface area contributed by atoms with Crippen LogP contribution in [0, 0.1) is 6.92 Å². The minimum absolute atomic E-state index is 0.558. The number of benzene rings is 1. The lowest BCUT2D eigenvalue weighted by Crippen LogP contribution is -2.37. The lowest BCUT2D eigenvalue weighted by atomic mass is 10.1. The van der Waals surface area contributed by atoms with Crippen molar-refractivity contribution in [2.75, 3.05) is 0 Å². The summed E-state index contributed by atoms with van der Waals surface area (Å²) in [4.78, 5) is 0. The second kappa shape index (κ2) is 5.25. The average molecular weight is 227 g/mol. The van der Waals surface area contributed by atoms with Gasteiger partial charge < -0.3 is 5.21 Å².